The zero-order chi connectivity index (χ0) is 20.3. The summed E-state index contributed by atoms with van der Waals surface area (Å²) in [6.07, 6.45) is 2.48. The fourth-order valence-corrected chi connectivity index (χ4v) is 3.43. The third-order valence-corrected chi connectivity index (χ3v) is 5.08. The summed E-state index contributed by atoms with van der Waals surface area (Å²) in [5.41, 5.74) is 0.157. The first-order valence-electron chi connectivity index (χ1n) is 9.47. The number of aliphatic hydroxyl groups is 1. The third kappa shape index (κ3) is 3.98. The summed E-state index contributed by atoms with van der Waals surface area (Å²) in [5.74, 6) is 0.820. The van der Waals surface area contributed by atoms with Crippen molar-refractivity contribution in [3.8, 4) is 17.2 Å². The van der Waals surface area contributed by atoms with Crippen LogP contribution in [0.25, 0.3) is 0 Å². The van der Waals surface area contributed by atoms with Crippen molar-refractivity contribution >= 4 is 5.78 Å². The molecule has 0 spiro atoms. The molecule has 0 aromatic heterocycles. The van der Waals surface area contributed by atoms with Crippen molar-refractivity contribution in [2.75, 3.05) is 6.61 Å². The predicted octanol–water partition coefficient (Wildman–Crippen LogP) is 5.15. The van der Waals surface area contributed by atoms with Gasteiger partial charge in [0.2, 0.25) is 5.78 Å². The first-order chi connectivity index (χ1) is 13.3. The van der Waals surface area contributed by atoms with Gasteiger partial charge in [-0.25, -0.2) is 0 Å². The zero-order valence-electron chi connectivity index (χ0n) is 16.4. The van der Waals surface area contributed by atoms with Gasteiger partial charge in [-0.2, -0.15) is 0 Å². The van der Waals surface area contributed by atoms with Crippen molar-refractivity contribution in [2.45, 2.75) is 45.1 Å². The summed E-state index contributed by atoms with van der Waals surface area (Å²) in [7, 11) is 0. The molecule has 3 rings (SSSR count). The van der Waals surface area contributed by atoms with E-state index in [1.54, 1.807) is 19.9 Å². The molecule has 0 saturated heterocycles. The fraction of sp³-hybridized carbons (Fsp3) is 0.348. The van der Waals surface area contributed by atoms with E-state index >= 15 is 0 Å². The van der Waals surface area contributed by atoms with Gasteiger partial charge in [-0.05, 0) is 62.4 Å². The second kappa shape index (κ2) is 7.97. The van der Waals surface area contributed by atoms with Gasteiger partial charge in [0.1, 0.15) is 28.4 Å². The van der Waals surface area contributed by atoms with E-state index in [1.807, 2.05) is 36.4 Å². The highest BCUT2D eigenvalue weighted by Gasteiger charge is 2.40. The summed E-state index contributed by atoms with van der Waals surface area (Å²) in [6.45, 7) is 6.10. The van der Waals surface area contributed by atoms with E-state index < -0.39 is 11.4 Å². The largest absolute Gasteiger partial charge is 0.515 e. The van der Waals surface area contributed by atoms with E-state index in [1.165, 1.54) is 0 Å². The Morgan fingerprint density at radius 1 is 1.21 bits per heavy atom. The van der Waals surface area contributed by atoms with Crippen LogP contribution >= 0.6 is 0 Å². The molecule has 0 saturated carbocycles. The minimum atomic E-state index is -0.962. The number of benzene rings is 2. The van der Waals surface area contributed by atoms with Crippen molar-refractivity contribution in [1.29, 1.82) is 0 Å². The molecular weight excluding hydrogens is 356 g/mol. The highest BCUT2D eigenvalue weighted by molar-refractivity contribution is 6.14. The molecular formula is C23H26O5. The van der Waals surface area contributed by atoms with E-state index in [4.69, 9.17) is 9.47 Å². The van der Waals surface area contributed by atoms with Crippen molar-refractivity contribution in [2.24, 2.45) is 0 Å². The summed E-state index contributed by atoms with van der Waals surface area (Å²) >= 11 is 0. The molecule has 148 valence electrons. The number of Topliss-reactive ketones (excluding diaryl/α,β-unsaturated/α-hetero) is 1. The van der Waals surface area contributed by atoms with Crippen molar-refractivity contribution < 1.29 is 24.5 Å². The van der Waals surface area contributed by atoms with Crippen LogP contribution in [0.15, 0.2) is 54.3 Å². The molecule has 2 aromatic carbocycles. The molecule has 28 heavy (non-hydrogen) atoms. The van der Waals surface area contributed by atoms with Crippen molar-refractivity contribution in [3.05, 3.63) is 65.4 Å². The Morgan fingerprint density at radius 3 is 2.61 bits per heavy atom. The number of aliphatic hydroxyl groups excluding tert-OH is 1. The normalized spacial score (nSPS) is 17.7. The average molecular weight is 382 g/mol. The Bertz CT molecular complexity index is 883. The molecule has 1 aliphatic heterocycles. The SMILES string of the molecule is CC(CCCOc1ccccc1)c1cc(O)c2c(c1)OC(C)(C)/C(=C\O)C2=O. The molecule has 0 radical (unpaired) electrons. The summed E-state index contributed by atoms with van der Waals surface area (Å²) < 4.78 is 11.6. The Balaban J connectivity index is 1.70. The second-order valence-corrected chi connectivity index (χ2v) is 7.60. The second-order valence-electron chi connectivity index (χ2n) is 7.60. The van der Waals surface area contributed by atoms with Crippen LogP contribution in [-0.2, 0) is 0 Å². The Hall–Kier alpha value is -2.95. The molecule has 2 N–H and O–H groups in total. The van der Waals surface area contributed by atoms with Crippen LogP contribution in [0.2, 0.25) is 0 Å². The molecule has 1 atom stereocenters. The number of para-hydroxylation sites is 1. The monoisotopic (exact) mass is 382 g/mol. The number of rotatable bonds is 6. The Labute approximate surface area is 165 Å². The van der Waals surface area contributed by atoms with E-state index in [9.17, 15) is 15.0 Å². The number of phenolic OH excluding ortho intramolecular Hbond substituents is 1. The summed E-state index contributed by atoms with van der Waals surface area (Å²) in [5, 5.41) is 19.8. The van der Waals surface area contributed by atoms with Crippen LogP contribution in [0.4, 0.5) is 0 Å². The van der Waals surface area contributed by atoms with E-state index in [0.29, 0.717) is 12.4 Å². The Morgan fingerprint density at radius 2 is 1.93 bits per heavy atom. The minimum absolute atomic E-state index is 0.1000. The van der Waals surface area contributed by atoms with E-state index in [2.05, 4.69) is 6.92 Å². The number of aromatic hydroxyl groups is 1. The quantitative estimate of drug-likeness (QED) is 0.410. The molecule has 1 heterocycles. The van der Waals surface area contributed by atoms with E-state index in [-0.39, 0.29) is 22.8 Å². The van der Waals surface area contributed by atoms with Gasteiger partial charge in [-0.1, -0.05) is 25.1 Å². The smallest absolute Gasteiger partial charge is 0.203 e. The minimum Gasteiger partial charge on any atom is -0.515 e. The van der Waals surface area contributed by atoms with Gasteiger partial charge in [-0.15, -0.1) is 0 Å². The number of ketones is 1. The van der Waals surface area contributed by atoms with Crippen molar-refractivity contribution in [3.63, 3.8) is 0 Å². The molecule has 1 aliphatic rings. The number of hydrogen-bond donors (Lipinski definition) is 2. The number of ether oxygens (including phenoxy) is 2. The third-order valence-electron chi connectivity index (χ3n) is 5.08. The van der Waals surface area contributed by atoms with Gasteiger partial charge in [0.05, 0.1) is 18.4 Å². The van der Waals surface area contributed by atoms with Crippen LogP contribution < -0.4 is 9.47 Å². The zero-order valence-corrected chi connectivity index (χ0v) is 16.4. The highest BCUT2D eigenvalue weighted by atomic mass is 16.5. The number of hydrogen-bond acceptors (Lipinski definition) is 5. The topological polar surface area (TPSA) is 76.0 Å². The number of phenols is 1. The molecule has 5 nitrogen and oxygen atoms in total. The van der Waals surface area contributed by atoms with Crippen LogP contribution in [0, 0.1) is 0 Å². The molecule has 0 fully saturated rings. The van der Waals surface area contributed by atoms with Crippen LogP contribution in [0.5, 0.6) is 17.2 Å². The lowest BCUT2D eigenvalue weighted by molar-refractivity contribution is 0.0838. The maximum absolute atomic E-state index is 12.6. The number of carbonyl (C=O) groups excluding carboxylic acids is 1. The summed E-state index contributed by atoms with van der Waals surface area (Å²) in [4.78, 5) is 12.6. The molecule has 0 bridgehead atoms. The van der Waals surface area contributed by atoms with Crippen molar-refractivity contribution in [1.82, 2.24) is 0 Å². The lowest BCUT2D eigenvalue weighted by Gasteiger charge is -2.34. The van der Waals surface area contributed by atoms with E-state index in [0.717, 1.165) is 30.4 Å². The fourth-order valence-electron chi connectivity index (χ4n) is 3.43. The average Bonchev–Trinajstić information content (AvgIpc) is 2.64. The summed E-state index contributed by atoms with van der Waals surface area (Å²) in [6, 6.07) is 13.1. The maximum atomic E-state index is 12.6. The number of fused-ring (bicyclic) bond motifs is 1. The molecule has 1 unspecified atom stereocenters. The van der Waals surface area contributed by atoms with Crippen LogP contribution in [0.3, 0.4) is 0 Å². The predicted molar refractivity (Wildman–Crippen MR) is 107 cm³/mol. The number of carbonyl (C=O) groups is 1. The lowest BCUT2D eigenvalue weighted by atomic mass is 9.85. The molecule has 2 aromatic rings. The molecule has 5 heteroatoms. The first-order valence-corrected chi connectivity index (χ1v) is 9.47. The van der Waals surface area contributed by atoms with Gasteiger partial charge in [0.15, 0.2) is 0 Å². The lowest BCUT2D eigenvalue weighted by Crippen LogP contribution is -2.39. The first kappa shape index (κ1) is 19.8. The molecule has 0 amide bonds. The standard InChI is InChI=1S/C23H26O5/c1-15(8-7-11-27-17-9-5-4-6-10-17)16-12-19(25)21-20(13-16)28-23(2,3)18(14-24)22(21)26/h4-6,9-10,12-15,24-25H,7-8,11H2,1-3H3/b18-14-. The van der Waals surface area contributed by atoms with Gasteiger partial charge < -0.3 is 19.7 Å². The van der Waals surface area contributed by atoms with Gasteiger partial charge in [-0.3, -0.25) is 4.79 Å². The molecule has 0 aliphatic carbocycles. The maximum Gasteiger partial charge on any atom is 0.203 e. The van der Waals surface area contributed by atoms with Crippen LogP contribution in [0.1, 0.15) is 55.5 Å². The van der Waals surface area contributed by atoms with Gasteiger partial charge in [0.25, 0.3) is 0 Å². The van der Waals surface area contributed by atoms with Gasteiger partial charge >= 0.3 is 0 Å². The Kier molecular flexibility index (Phi) is 5.63. The van der Waals surface area contributed by atoms with Gasteiger partial charge in [0, 0.05) is 0 Å². The van der Waals surface area contributed by atoms with Crippen LogP contribution in [-0.4, -0.2) is 28.2 Å². The highest BCUT2D eigenvalue weighted by Crippen LogP contribution is 2.42.